The van der Waals surface area contributed by atoms with E-state index in [0.717, 1.165) is 37.4 Å². The number of aliphatic carboxylic acids is 1. The van der Waals surface area contributed by atoms with E-state index in [-0.39, 0.29) is 11.1 Å². The van der Waals surface area contributed by atoms with Gasteiger partial charge in [0.05, 0.1) is 13.9 Å². The third-order valence-corrected chi connectivity index (χ3v) is 6.78. The van der Waals surface area contributed by atoms with Crippen molar-refractivity contribution in [2.45, 2.75) is 32.1 Å². The lowest BCUT2D eigenvalue weighted by Crippen LogP contribution is -2.34. The normalized spacial score (nSPS) is 19.5. The molecule has 1 N–H and O–H groups in total. The summed E-state index contributed by atoms with van der Waals surface area (Å²) in [6.07, 6.45) is 7.36. The molecule has 1 aliphatic carbocycles. The van der Waals surface area contributed by atoms with Crippen molar-refractivity contribution in [3.05, 3.63) is 31.5 Å². The van der Waals surface area contributed by atoms with Crippen LogP contribution in [-0.4, -0.2) is 40.3 Å². The molecule has 1 heterocycles. The van der Waals surface area contributed by atoms with Crippen molar-refractivity contribution in [1.29, 1.82) is 0 Å². The molecular weight excluding hydrogens is 514 g/mol. The van der Waals surface area contributed by atoms with Crippen LogP contribution >= 0.6 is 43.6 Å². The van der Waals surface area contributed by atoms with Crippen LogP contribution in [0.4, 0.5) is 4.79 Å². The molecule has 0 radical (unpaired) electrons. The summed E-state index contributed by atoms with van der Waals surface area (Å²) in [5, 5.41) is 8.53. The zero-order chi connectivity index (χ0) is 20.3. The topological polar surface area (TPSA) is 83.9 Å². The van der Waals surface area contributed by atoms with E-state index in [1.54, 1.807) is 18.2 Å². The Morgan fingerprint density at radius 2 is 1.86 bits per heavy atom. The van der Waals surface area contributed by atoms with Gasteiger partial charge in [-0.25, -0.2) is 4.79 Å². The van der Waals surface area contributed by atoms with Gasteiger partial charge in [-0.05, 0) is 86.2 Å². The van der Waals surface area contributed by atoms with Crippen LogP contribution in [0.5, 0.6) is 5.75 Å². The smallest absolute Gasteiger partial charge is 0.341 e. The van der Waals surface area contributed by atoms with Gasteiger partial charge in [0.15, 0.2) is 6.61 Å². The maximum Gasteiger partial charge on any atom is 0.341 e. The lowest BCUT2D eigenvalue weighted by molar-refractivity contribution is -0.139. The van der Waals surface area contributed by atoms with Crippen LogP contribution < -0.4 is 4.74 Å². The van der Waals surface area contributed by atoms with E-state index in [2.05, 4.69) is 31.9 Å². The van der Waals surface area contributed by atoms with Crippen molar-refractivity contribution in [3.63, 3.8) is 0 Å². The molecule has 150 valence electrons. The molecule has 0 spiro atoms. The maximum atomic E-state index is 12.7. The Kier molecular flexibility index (Phi) is 7.22. The number of carbonyl (C=O) groups excluding carboxylic acids is 2. The van der Waals surface area contributed by atoms with E-state index in [1.165, 1.54) is 11.3 Å². The van der Waals surface area contributed by atoms with Crippen LogP contribution in [0.1, 0.15) is 37.7 Å². The van der Waals surface area contributed by atoms with E-state index in [9.17, 15) is 14.4 Å². The molecule has 6 nitrogen and oxygen atoms in total. The van der Waals surface area contributed by atoms with Crippen LogP contribution in [0.3, 0.4) is 0 Å². The van der Waals surface area contributed by atoms with Crippen molar-refractivity contribution in [1.82, 2.24) is 4.90 Å². The van der Waals surface area contributed by atoms with Gasteiger partial charge >= 0.3 is 5.97 Å². The highest BCUT2D eigenvalue weighted by molar-refractivity contribution is 9.11. The molecule has 1 aromatic carbocycles. The zero-order valence-electron chi connectivity index (χ0n) is 15.0. The van der Waals surface area contributed by atoms with Gasteiger partial charge in [-0.15, -0.1) is 0 Å². The molecule has 0 bridgehead atoms. The first-order valence-electron chi connectivity index (χ1n) is 8.94. The highest BCUT2D eigenvalue weighted by Crippen LogP contribution is 2.38. The molecule has 2 fully saturated rings. The number of carboxylic acids is 1. The number of ether oxygens (including phenoxy) is 1. The Labute approximate surface area is 183 Å². The summed E-state index contributed by atoms with van der Waals surface area (Å²) >= 11 is 7.67. The fourth-order valence-corrected chi connectivity index (χ4v) is 5.67. The summed E-state index contributed by atoms with van der Waals surface area (Å²) in [5.74, 6) is -0.561. The van der Waals surface area contributed by atoms with Gasteiger partial charge in [0.25, 0.3) is 11.1 Å². The molecule has 1 aliphatic heterocycles. The van der Waals surface area contributed by atoms with Gasteiger partial charge in [0.1, 0.15) is 5.75 Å². The largest absolute Gasteiger partial charge is 0.480 e. The molecule has 1 saturated carbocycles. The third kappa shape index (κ3) is 5.18. The van der Waals surface area contributed by atoms with E-state index in [4.69, 9.17) is 9.84 Å². The third-order valence-electron chi connectivity index (χ3n) is 4.70. The number of rotatable bonds is 6. The summed E-state index contributed by atoms with van der Waals surface area (Å²) < 4.78 is 6.35. The quantitative estimate of drug-likeness (QED) is 0.501. The minimum absolute atomic E-state index is 0.221. The Balaban J connectivity index is 1.75. The summed E-state index contributed by atoms with van der Waals surface area (Å²) in [4.78, 5) is 37.5. The second-order valence-electron chi connectivity index (χ2n) is 6.79. The van der Waals surface area contributed by atoms with Gasteiger partial charge in [-0.2, -0.15) is 0 Å². The van der Waals surface area contributed by atoms with Crippen LogP contribution in [0.25, 0.3) is 6.08 Å². The van der Waals surface area contributed by atoms with Crippen molar-refractivity contribution >= 4 is 66.8 Å². The van der Waals surface area contributed by atoms with Gasteiger partial charge in [-0.3, -0.25) is 14.5 Å². The fraction of sp³-hybridized carbons (Fsp3) is 0.421. The number of carbonyl (C=O) groups is 3. The monoisotopic (exact) mass is 531 g/mol. The molecule has 1 aromatic rings. The van der Waals surface area contributed by atoms with Gasteiger partial charge in [0, 0.05) is 6.54 Å². The summed E-state index contributed by atoms with van der Waals surface area (Å²) in [6.45, 7) is 0.0357. The second kappa shape index (κ2) is 9.45. The number of carboxylic acid groups (broad SMARTS) is 1. The molecular formula is C19H19Br2NO5S. The Morgan fingerprint density at radius 3 is 2.46 bits per heavy atom. The van der Waals surface area contributed by atoms with Crippen molar-refractivity contribution < 1.29 is 24.2 Å². The standard InChI is InChI=1S/C19H19Br2NO5S/c20-13-6-12(7-14(21)17(13)27-10-16(23)24)8-15-18(25)22(19(26)28-15)9-11-4-2-1-3-5-11/h6-8,11H,1-5,9-10H2,(H,23,24)/b15-8+. The van der Waals surface area contributed by atoms with E-state index >= 15 is 0 Å². The molecule has 1 saturated heterocycles. The fourth-order valence-electron chi connectivity index (χ4n) is 3.37. The Bertz CT molecular complexity index is 813. The minimum Gasteiger partial charge on any atom is -0.480 e. The second-order valence-corrected chi connectivity index (χ2v) is 9.49. The average molecular weight is 533 g/mol. The molecule has 2 aliphatic rings. The number of nitrogens with zero attached hydrogens (tertiary/aromatic N) is 1. The van der Waals surface area contributed by atoms with E-state index < -0.39 is 12.6 Å². The molecule has 2 amide bonds. The minimum atomic E-state index is -1.07. The average Bonchev–Trinajstić information content (AvgIpc) is 2.89. The van der Waals surface area contributed by atoms with Crippen molar-refractivity contribution in [2.75, 3.05) is 13.2 Å². The van der Waals surface area contributed by atoms with Crippen LogP contribution in [0.2, 0.25) is 0 Å². The Morgan fingerprint density at radius 1 is 1.21 bits per heavy atom. The van der Waals surface area contributed by atoms with Gasteiger partial charge < -0.3 is 9.84 Å². The highest BCUT2D eigenvalue weighted by Gasteiger charge is 2.36. The van der Waals surface area contributed by atoms with Crippen LogP contribution in [0.15, 0.2) is 26.0 Å². The number of halogens is 2. The first-order chi connectivity index (χ1) is 13.3. The first kappa shape index (κ1) is 21.4. The lowest BCUT2D eigenvalue weighted by Gasteiger charge is -2.25. The van der Waals surface area contributed by atoms with Gasteiger partial charge in [-0.1, -0.05) is 19.3 Å². The summed E-state index contributed by atoms with van der Waals surface area (Å²) in [6, 6.07) is 3.44. The van der Waals surface area contributed by atoms with E-state index in [0.29, 0.717) is 37.6 Å². The lowest BCUT2D eigenvalue weighted by atomic mass is 9.89. The van der Waals surface area contributed by atoms with Gasteiger partial charge in [0.2, 0.25) is 0 Å². The molecule has 28 heavy (non-hydrogen) atoms. The molecule has 0 unspecified atom stereocenters. The predicted octanol–water partition coefficient (Wildman–Crippen LogP) is 5.29. The van der Waals surface area contributed by atoms with E-state index in [1.807, 2.05) is 0 Å². The molecule has 9 heteroatoms. The number of amides is 2. The number of benzene rings is 1. The summed E-state index contributed by atoms with van der Waals surface area (Å²) in [5.41, 5.74) is 0.699. The summed E-state index contributed by atoms with van der Waals surface area (Å²) in [7, 11) is 0. The van der Waals surface area contributed by atoms with Crippen molar-refractivity contribution in [2.24, 2.45) is 5.92 Å². The number of thioether (sulfide) groups is 1. The number of hydrogen-bond acceptors (Lipinski definition) is 5. The zero-order valence-corrected chi connectivity index (χ0v) is 18.9. The Hall–Kier alpha value is -1.32. The predicted molar refractivity (Wildman–Crippen MR) is 114 cm³/mol. The first-order valence-corrected chi connectivity index (χ1v) is 11.3. The highest BCUT2D eigenvalue weighted by atomic mass is 79.9. The molecule has 3 rings (SSSR count). The number of imide groups is 1. The molecule has 0 atom stereocenters. The van der Waals surface area contributed by atoms with Crippen molar-refractivity contribution in [3.8, 4) is 5.75 Å². The number of hydrogen-bond donors (Lipinski definition) is 1. The van der Waals surface area contributed by atoms with Crippen LogP contribution in [-0.2, 0) is 9.59 Å². The molecule has 0 aromatic heterocycles. The SMILES string of the molecule is O=C(O)COc1c(Br)cc(/C=C2/SC(=O)N(CC3CCCCC3)C2=O)cc1Br. The van der Waals surface area contributed by atoms with Crippen LogP contribution in [0, 0.1) is 5.92 Å². The maximum absolute atomic E-state index is 12.7.